The van der Waals surface area contributed by atoms with Gasteiger partial charge in [0.2, 0.25) is 0 Å². The molecule has 2 rings (SSSR count). The highest BCUT2D eigenvalue weighted by atomic mass is 79.9. The molecule has 5 heteroatoms. The zero-order valence-corrected chi connectivity index (χ0v) is 11.5. The maximum Gasteiger partial charge on any atom is 0.163 e. The third kappa shape index (κ3) is 2.55. The monoisotopic (exact) mass is 331 g/mol. The normalized spacial score (nSPS) is 12.5. The summed E-state index contributed by atoms with van der Waals surface area (Å²) in [6, 6.07) is 8.19. The van der Waals surface area contributed by atoms with Crippen molar-refractivity contribution in [2.24, 2.45) is 5.73 Å². The zero-order chi connectivity index (χ0) is 13.3. The standard InChI is InChI=1S/C13H9BrClF2N/c14-7-4-5-10(15)9(6-7)13(18)8-2-1-3-11(16)12(8)17/h1-6,13H,18H2. The summed E-state index contributed by atoms with van der Waals surface area (Å²) in [7, 11) is 0. The number of rotatable bonds is 2. The Labute approximate surface area is 117 Å². The maximum absolute atomic E-state index is 13.7. The van der Waals surface area contributed by atoms with Gasteiger partial charge in [0, 0.05) is 15.1 Å². The molecular formula is C13H9BrClF2N. The molecular weight excluding hydrogens is 324 g/mol. The predicted octanol–water partition coefficient (Wildman–Crippen LogP) is 4.43. The molecule has 1 atom stereocenters. The zero-order valence-electron chi connectivity index (χ0n) is 9.13. The van der Waals surface area contributed by atoms with E-state index in [0.29, 0.717) is 10.6 Å². The van der Waals surface area contributed by atoms with Gasteiger partial charge < -0.3 is 5.73 Å². The van der Waals surface area contributed by atoms with Crippen molar-refractivity contribution in [2.45, 2.75) is 6.04 Å². The highest BCUT2D eigenvalue weighted by Crippen LogP contribution is 2.30. The molecule has 0 radical (unpaired) electrons. The van der Waals surface area contributed by atoms with E-state index in [0.717, 1.165) is 10.5 Å². The fourth-order valence-electron chi connectivity index (χ4n) is 1.68. The van der Waals surface area contributed by atoms with Gasteiger partial charge in [-0.05, 0) is 29.8 Å². The molecule has 0 aromatic heterocycles. The lowest BCUT2D eigenvalue weighted by Crippen LogP contribution is -2.15. The first-order valence-corrected chi connectivity index (χ1v) is 6.32. The van der Waals surface area contributed by atoms with Gasteiger partial charge in [0.1, 0.15) is 0 Å². The molecule has 0 bridgehead atoms. The van der Waals surface area contributed by atoms with Crippen molar-refractivity contribution in [1.82, 2.24) is 0 Å². The van der Waals surface area contributed by atoms with Gasteiger partial charge in [-0.1, -0.05) is 39.7 Å². The van der Waals surface area contributed by atoms with E-state index in [-0.39, 0.29) is 5.56 Å². The Balaban J connectivity index is 2.51. The Kier molecular flexibility index (Phi) is 4.00. The van der Waals surface area contributed by atoms with Gasteiger partial charge in [-0.3, -0.25) is 0 Å². The Hall–Kier alpha value is -0.970. The number of halogens is 4. The van der Waals surface area contributed by atoms with Crippen LogP contribution >= 0.6 is 27.5 Å². The molecule has 0 amide bonds. The Bertz CT molecular complexity index is 587. The van der Waals surface area contributed by atoms with E-state index in [1.54, 1.807) is 18.2 Å². The van der Waals surface area contributed by atoms with Crippen LogP contribution in [0.1, 0.15) is 17.2 Å². The largest absolute Gasteiger partial charge is 0.320 e. The third-order valence-corrected chi connectivity index (χ3v) is 3.45. The molecule has 0 aliphatic heterocycles. The van der Waals surface area contributed by atoms with Crippen molar-refractivity contribution < 1.29 is 8.78 Å². The summed E-state index contributed by atoms with van der Waals surface area (Å²) in [4.78, 5) is 0. The maximum atomic E-state index is 13.7. The average molecular weight is 333 g/mol. The van der Waals surface area contributed by atoms with Crippen LogP contribution in [0, 0.1) is 11.6 Å². The molecule has 1 nitrogen and oxygen atoms in total. The topological polar surface area (TPSA) is 26.0 Å². The molecule has 0 saturated carbocycles. The van der Waals surface area contributed by atoms with Crippen molar-refractivity contribution in [1.29, 1.82) is 0 Å². The van der Waals surface area contributed by atoms with Crippen LogP contribution in [0.3, 0.4) is 0 Å². The summed E-state index contributed by atoms with van der Waals surface area (Å²) < 4.78 is 27.6. The molecule has 18 heavy (non-hydrogen) atoms. The molecule has 0 fully saturated rings. The quantitative estimate of drug-likeness (QED) is 0.865. The number of nitrogens with two attached hydrogens (primary N) is 1. The van der Waals surface area contributed by atoms with Crippen LogP contribution in [0.15, 0.2) is 40.9 Å². The van der Waals surface area contributed by atoms with Gasteiger partial charge in [0.25, 0.3) is 0 Å². The number of benzene rings is 2. The molecule has 0 heterocycles. The van der Waals surface area contributed by atoms with Crippen LogP contribution in [-0.2, 0) is 0 Å². The molecule has 2 aromatic rings. The Morgan fingerprint density at radius 2 is 1.83 bits per heavy atom. The number of hydrogen-bond acceptors (Lipinski definition) is 1. The van der Waals surface area contributed by atoms with Crippen molar-refractivity contribution in [2.75, 3.05) is 0 Å². The summed E-state index contributed by atoms with van der Waals surface area (Å²) in [6.45, 7) is 0. The molecule has 94 valence electrons. The molecule has 2 aromatic carbocycles. The molecule has 1 unspecified atom stereocenters. The fraction of sp³-hybridized carbons (Fsp3) is 0.0769. The van der Waals surface area contributed by atoms with E-state index in [1.165, 1.54) is 12.1 Å². The lowest BCUT2D eigenvalue weighted by Gasteiger charge is -2.15. The Morgan fingerprint density at radius 3 is 2.56 bits per heavy atom. The summed E-state index contributed by atoms with van der Waals surface area (Å²) >= 11 is 9.30. The van der Waals surface area contributed by atoms with Crippen LogP contribution < -0.4 is 5.73 Å². The molecule has 0 saturated heterocycles. The second-order valence-electron chi connectivity index (χ2n) is 3.79. The van der Waals surface area contributed by atoms with Crippen LogP contribution in [0.25, 0.3) is 0 Å². The SMILES string of the molecule is NC(c1cc(Br)ccc1Cl)c1cccc(F)c1F. The van der Waals surface area contributed by atoms with E-state index in [9.17, 15) is 8.78 Å². The van der Waals surface area contributed by atoms with Gasteiger partial charge in [0.15, 0.2) is 11.6 Å². The van der Waals surface area contributed by atoms with Gasteiger partial charge >= 0.3 is 0 Å². The summed E-state index contributed by atoms with van der Waals surface area (Å²) in [5, 5.41) is 0.411. The molecule has 2 N–H and O–H groups in total. The van der Waals surface area contributed by atoms with Gasteiger partial charge in [-0.25, -0.2) is 8.78 Å². The van der Waals surface area contributed by atoms with E-state index in [1.807, 2.05) is 0 Å². The lowest BCUT2D eigenvalue weighted by molar-refractivity contribution is 0.494. The fourth-order valence-corrected chi connectivity index (χ4v) is 2.30. The smallest absolute Gasteiger partial charge is 0.163 e. The first-order chi connectivity index (χ1) is 8.50. The van der Waals surface area contributed by atoms with Gasteiger partial charge in [-0.2, -0.15) is 0 Å². The molecule has 0 spiro atoms. The van der Waals surface area contributed by atoms with Crippen LogP contribution in [0.5, 0.6) is 0 Å². The first kappa shape index (κ1) is 13.5. The van der Waals surface area contributed by atoms with Crippen molar-refractivity contribution >= 4 is 27.5 Å². The first-order valence-electron chi connectivity index (χ1n) is 5.15. The summed E-state index contributed by atoms with van der Waals surface area (Å²) in [5.74, 6) is -1.87. The van der Waals surface area contributed by atoms with Crippen LogP contribution in [-0.4, -0.2) is 0 Å². The summed E-state index contributed by atoms with van der Waals surface area (Å²) in [5.41, 5.74) is 6.56. The van der Waals surface area contributed by atoms with E-state index in [4.69, 9.17) is 17.3 Å². The average Bonchev–Trinajstić information content (AvgIpc) is 2.35. The van der Waals surface area contributed by atoms with E-state index < -0.39 is 17.7 Å². The van der Waals surface area contributed by atoms with Gasteiger partial charge in [-0.15, -0.1) is 0 Å². The lowest BCUT2D eigenvalue weighted by atomic mass is 9.99. The summed E-state index contributed by atoms with van der Waals surface area (Å²) in [6.07, 6.45) is 0. The second-order valence-corrected chi connectivity index (χ2v) is 5.11. The number of hydrogen-bond donors (Lipinski definition) is 1. The van der Waals surface area contributed by atoms with Crippen LogP contribution in [0.2, 0.25) is 5.02 Å². The third-order valence-electron chi connectivity index (χ3n) is 2.61. The predicted molar refractivity (Wildman–Crippen MR) is 71.5 cm³/mol. The molecule has 0 aliphatic rings. The van der Waals surface area contributed by atoms with E-state index in [2.05, 4.69) is 15.9 Å². The Morgan fingerprint density at radius 1 is 1.11 bits per heavy atom. The van der Waals surface area contributed by atoms with Crippen molar-refractivity contribution in [3.8, 4) is 0 Å². The molecule has 0 aliphatic carbocycles. The minimum Gasteiger partial charge on any atom is -0.320 e. The van der Waals surface area contributed by atoms with Gasteiger partial charge in [0.05, 0.1) is 6.04 Å². The van der Waals surface area contributed by atoms with E-state index >= 15 is 0 Å². The van der Waals surface area contributed by atoms with Crippen LogP contribution in [0.4, 0.5) is 8.78 Å². The second kappa shape index (κ2) is 5.34. The van der Waals surface area contributed by atoms with Crippen molar-refractivity contribution in [3.05, 3.63) is 68.7 Å². The highest BCUT2D eigenvalue weighted by molar-refractivity contribution is 9.10. The highest BCUT2D eigenvalue weighted by Gasteiger charge is 2.18. The van der Waals surface area contributed by atoms with Crippen molar-refractivity contribution in [3.63, 3.8) is 0 Å². The minimum absolute atomic E-state index is 0.0787. The minimum atomic E-state index is -0.943.